The van der Waals surface area contributed by atoms with Crippen LogP contribution < -0.4 is 0 Å². The fraction of sp³-hybridized carbons (Fsp3) is 0.714. The monoisotopic (exact) mass is 154 g/mol. The Morgan fingerprint density at radius 2 is 2.55 bits per heavy atom. The van der Waals surface area contributed by atoms with Crippen LogP contribution in [0.15, 0.2) is 0 Å². The summed E-state index contributed by atoms with van der Waals surface area (Å²) in [5.41, 5.74) is 0. The van der Waals surface area contributed by atoms with Crippen LogP contribution in [0, 0.1) is 17.2 Å². The Morgan fingerprint density at radius 1 is 1.82 bits per heavy atom. The average molecular weight is 154 g/mol. The lowest BCUT2D eigenvalue weighted by atomic mass is 10.1. The van der Waals surface area contributed by atoms with Crippen LogP contribution in [-0.4, -0.2) is 29.2 Å². The molecule has 0 spiro atoms. The number of hydrogen-bond acceptors (Lipinski definition) is 2. The maximum Gasteiger partial charge on any atom is 0.407 e. The van der Waals surface area contributed by atoms with Gasteiger partial charge in [-0.3, -0.25) is 0 Å². The van der Waals surface area contributed by atoms with E-state index >= 15 is 0 Å². The minimum Gasteiger partial charge on any atom is -0.465 e. The third-order valence-corrected chi connectivity index (χ3v) is 1.94. The first-order valence-corrected chi connectivity index (χ1v) is 3.59. The molecular formula is C7H10N2O2. The summed E-state index contributed by atoms with van der Waals surface area (Å²) in [6.07, 6.45) is 0.439. The average Bonchev–Trinajstić information content (AvgIpc) is 2.37. The molecule has 0 aromatic carbocycles. The van der Waals surface area contributed by atoms with Crippen molar-refractivity contribution in [3.63, 3.8) is 0 Å². The minimum absolute atomic E-state index is 0.260. The van der Waals surface area contributed by atoms with Crippen molar-refractivity contribution >= 4 is 6.09 Å². The van der Waals surface area contributed by atoms with E-state index in [4.69, 9.17) is 10.4 Å². The minimum atomic E-state index is -0.870. The van der Waals surface area contributed by atoms with Crippen LogP contribution >= 0.6 is 0 Å². The van der Waals surface area contributed by atoms with Gasteiger partial charge in [0.25, 0.3) is 0 Å². The highest BCUT2D eigenvalue weighted by Gasteiger charge is 2.25. The highest BCUT2D eigenvalue weighted by Crippen LogP contribution is 2.18. The summed E-state index contributed by atoms with van der Waals surface area (Å²) >= 11 is 0. The quantitative estimate of drug-likeness (QED) is 0.610. The highest BCUT2D eigenvalue weighted by molar-refractivity contribution is 5.65. The molecule has 1 rings (SSSR count). The third kappa shape index (κ3) is 1.84. The van der Waals surface area contributed by atoms with Gasteiger partial charge in [-0.05, 0) is 12.3 Å². The van der Waals surface area contributed by atoms with Crippen LogP contribution in [0.25, 0.3) is 0 Å². The summed E-state index contributed by atoms with van der Waals surface area (Å²) in [4.78, 5) is 11.8. The number of carbonyl (C=O) groups is 1. The molecule has 1 fully saturated rings. The van der Waals surface area contributed by atoms with Crippen LogP contribution in [0.5, 0.6) is 0 Å². The molecule has 1 atom stereocenters. The van der Waals surface area contributed by atoms with Crippen LogP contribution in [-0.2, 0) is 0 Å². The maximum absolute atomic E-state index is 10.4. The first kappa shape index (κ1) is 7.86. The van der Waals surface area contributed by atoms with E-state index in [1.54, 1.807) is 0 Å². The topological polar surface area (TPSA) is 64.3 Å². The van der Waals surface area contributed by atoms with E-state index in [0.29, 0.717) is 19.5 Å². The van der Waals surface area contributed by atoms with Gasteiger partial charge in [0.15, 0.2) is 0 Å². The molecule has 1 amide bonds. The van der Waals surface area contributed by atoms with Gasteiger partial charge >= 0.3 is 6.09 Å². The lowest BCUT2D eigenvalue weighted by molar-refractivity contribution is 0.154. The first-order chi connectivity index (χ1) is 5.24. The Balaban J connectivity index is 2.36. The molecule has 1 heterocycles. The molecule has 0 bridgehead atoms. The molecule has 0 unspecified atom stereocenters. The standard InChI is InChI=1S/C7H10N2O2/c8-3-1-6-2-4-9(5-6)7(10)11/h6H,1-2,4-5H2,(H,10,11)/t6-/m0/s1. The number of likely N-dealkylation sites (tertiary alicyclic amines) is 1. The van der Waals surface area contributed by atoms with Crippen LogP contribution in [0.3, 0.4) is 0 Å². The molecule has 0 aromatic rings. The van der Waals surface area contributed by atoms with Gasteiger partial charge < -0.3 is 10.0 Å². The number of amides is 1. The van der Waals surface area contributed by atoms with E-state index in [0.717, 1.165) is 6.42 Å². The molecule has 0 aliphatic carbocycles. The Labute approximate surface area is 65.0 Å². The Bertz CT molecular complexity index is 197. The molecule has 0 saturated carbocycles. The molecule has 0 aromatic heterocycles. The number of hydrogen-bond donors (Lipinski definition) is 1. The summed E-state index contributed by atoms with van der Waals surface area (Å²) in [5, 5.41) is 16.9. The second-order valence-electron chi connectivity index (χ2n) is 2.75. The van der Waals surface area contributed by atoms with Crippen molar-refractivity contribution in [3.8, 4) is 6.07 Å². The zero-order valence-electron chi connectivity index (χ0n) is 6.16. The maximum atomic E-state index is 10.4. The van der Waals surface area contributed by atoms with Gasteiger partial charge in [0, 0.05) is 19.5 Å². The van der Waals surface area contributed by atoms with Gasteiger partial charge in [0.05, 0.1) is 6.07 Å². The zero-order valence-corrected chi connectivity index (χ0v) is 6.16. The van der Waals surface area contributed by atoms with Gasteiger partial charge in [0.2, 0.25) is 0 Å². The lowest BCUT2D eigenvalue weighted by Gasteiger charge is -2.09. The Kier molecular flexibility index (Phi) is 2.32. The van der Waals surface area contributed by atoms with Crippen molar-refractivity contribution in [2.24, 2.45) is 5.92 Å². The Hall–Kier alpha value is -1.24. The lowest BCUT2D eigenvalue weighted by Crippen LogP contribution is -2.26. The smallest absolute Gasteiger partial charge is 0.407 e. The van der Waals surface area contributed by atoms with E-state index in [9.17, 15) is 4.79 Å². The van der Waals surface area contributed by atoms with Crippen LogP contribution in [0.4, 0.5) is 4.79 Å². The number of nitrogens with zero attached hydrogens (tertiary/aromatic N) is 2. The van der Waals surface area contributed by atoms with E-state index < -0.39 is 6.09 Å². The van der Waals surface area contributed by atoms with Crippen molar-refractivity contribution in [3.05, 3.63) is 0 Å². The molecule has 4 heteroatoms. The van der Waals surface area contributed by atoms with Crippen LogP contribution in [0.1, 0.15) is 12.8 Å². The Morgan fingerprint density at radius 3 is 3.00 bits per heavy atom. The van der Waals surface area contributed by atoms with Crippen molar-refractivity contribution < 1.29 is 9.90 Å². The fourth-order valence-corrected chi connectivity index (χ4v) is 1.30. The number of nitriles is 1. The zero-order chi connectivity index (χ0) is 8.27. The molecule has 60 valence electrons. The van der Waals surface area contributed by atoms with Gasteiger partial charge in [-0.15, -0.1) is 0 Å². The normalized spacial score (nSPS) is 23.2. The second kappa shape index (κ2) is 3.24. The summed E-state index contributed by atoms with van der Waals surface area (Å²) in [6.45, 7) is 1.12. The predicted molar refractivity (Wildman–Crippen MR) is 37.9 cm³/mol. The number of rotatable bonds is 1. The first-order valence-electron chi connectivity index (χ1n) is 3.59. The largest absolute Gasteiger partial charge is 0.465 e. The SMILES string of the molecule is N#CC[C@H]1CCN(C(=O)O)C1. The molecular weight excluding hydrogens is 144 g/mol. The van der Waals surface area contributed by atoms with Gasteiger partial charge in [-0.25, -0.2) is 4.79 Å². The van der Waals surface area contributed by atoms with Gasteiger partial charge in [-0.2, -0.15) is 5.26 Å². The van der Waals surface area contributed by atoms with Crippen molar-refractivity contribution in [1.82, 2.24) is 4.90 Å². The highest BCUT2D eigenvalue weighted by atomic mass is 16.4. The molecule has 4 nitrogen and oxygen atoms in total. The molecule has 1 N–H and O–H groups in total. The predicted octanol–water partition coefficient (Wildman–Crippen LogP) is 0.900. The number of carboxylic acid groups (broad SMARTS) is 1. The van der Waals surface area contributed by atoms with E-state index in [1.165, 1.54) is 4.90 Å². The fourth-order valence-electron chi connectivity index (χ4n) is 1.30. The molecule has 1 aliphatic heterocycles. The summed E-state index contributed by atoms with van der Waals surface area (Å²) < 4.78 is 0. The van der Waals surface area contributed by atoms with Gasteiger partial charge in [-0.1, -0.05) is 0 Å². The summed E-state index contributed by atoms with van der Waals surface area (Å²) in [5.74, 6) is 0.260. The molecule has 0 radical (unpaired) electrons. The van der Waals surface area contributed by atoms with E-state index in [-0.39, 0.29) is 5.92 Å². The van der Waals surface area contributed by atoms with E-state index in [1.807, 2.05) is 6.07 Å². The second-order valence-corrected chi connectivity index (χ2v) is 2.75. The third-order valence-electron chi connectivity index (χ3n) is 1.94. The van der Waals surface area contributed by atoms with Crippen LogP contribution in [0.2, 0.25) is 0 Å². The van der Waals surface area contributed by atoms with Crippen molar-refractivity contribution in [1.29, 1.82) is 5.26 Å². The summed E-state index contributed by atoms with van der Waals surface area (Å²) in [7, 11) is 0. The summed E-state index contributed by atoms with van der Waals surface area (Å²) in [6, 6.07) is 2.05. The van der Waals surface area contributed by atoms with Gasteiger partial charge in [0.1, 0.15) is 0 Å². The molecule has 1 aliphatic rings. The molecule has 1 saturated heterocycles. The van der Waals surface area contributed by atoms with Crippen molar-refractivity contribution in [2.45, 2.75) is 12.8 Å². The molecule has 11 heavy (non-hydrogen) atoms. The van der Waals surface area contributed by atoms with E-state index in [2.05, 4.69) is 0 Å². The van der Waals surface area contributed by atoms with Crippen molar-refractivity contribution in [2.75, 3.05) is 13.1 Å².